The lowest BCUT2D eigenvalue weighted by atomic mass is 9.92. The number of carbonyl (C=O) groups is 1. The summed E-state index contributed by atoms with van der Waals surface area (Å²) in [5.41, 5.74) is 2.62. The molecule has 2 aromatic heterocycles. The summed E-state index contributed by atoms with van der Waals surface area (Å²) in [6.45, 7) is 3.59. The van der Waals surface area contributed by atoms with E-state index in [2.05, 4.69) is 20.5 Å². The van der Waals surface area contributed by atoms with Crippen molar-refractivity contribution in [2.45, 2.75) is 45.4 Å². The highest BCUT2D eigenvalue weighted by Crippen LogP contribution is 2.35. The van der Waals surface area contributed by atoms with Gasteiger partial charge in [-0.3, -0.25) is 9.78 Å². The highest BCUT2D eigenvalue weighted by Gasteiger charge is 2.36. The van der Waals surface area contributed by atoms with Crippen LogP contribution in [-0.4, -0.2) is 37.3 Å². The molecule has 1 aromatic carbocycles. The van der Waals surface area contributed by atoms with Crippen LogP contribution in [0.4, 0.5) is 14.9 Å². The summed E-state index contributed by atoms with van der Waals surface area (Å²) in [5.74, 6) is -0.655. The number of aromatic nitrogens is 3. The van der Waals surface area contributed by atoms with Gasteiger partial charge in [-0.2, -0.15) is 5.10 Å². The van der Waals surface area contributed by atoms with Gasteiger partial charge in [0, 0.05) is 35.6 Å². The van der Waals surface area contributed by atoms with Crippen LogP contribution in [0, 0.1) is 5.82 Å². The van der Waals surface area contributed by atoms with Gasteiger partial charge in [0.25, 0.3) is 5.56 Å². The number of rotatable bonds is 4. The second-order valence-corrected chi connectivity index (χ2v) is 8.42. The van der Waals surface area contributed by atoms with Gasteiger partial charge in [-0.15, -0.1) is 0 Å². The lowest BCUT2D eigenvalue weighted by Gasteiger charge is -2.40. The van der Waals surface area contributed by atoms with E-state index in [1.54, 1.807) is 11.0 Å². The van der Waals surface area contributed by atoms with Crippen molar-refractivity contribution in [3.63, 3.8) is 0 Å². The molecule has 0 radical (unpaired) electrons. The average molecular weight is 472 g/mol. The standard InChI is InChI=1S/C23H23ClFN5O3/c1-3-20-22-14(6-21(32)28-29-22)4-12(2)30(20)23(33)27-19-8-17(24)16(7-18(19)25)15-5-13(11-31)9-26-10-15/h5-10,12,20,31H,3-4,11H2,1-2H3,(H,27,33)(H,28,32). The molecule has 0 spiro atoms. The summed E-state index contributed by atoms with van der Waals surface area (Å²) in [4.78, 5) is 30.5. The number of aliphatic hydroxyl groups is 1. The number of halogens is 2. The molecule has 172 valence electrons. The van der Waals surface area contributed by atoms with Crippen LogP contribution in [0.3, 0.4) is 0 Å². The van der Waals surface area contributed by atoms with Gasteiger partial charge in [0.05, 0.1) is 29.1 Å². The number of H-pyrrole nitrogens is 1. The molecule has 1 aliphatic rings. The molecular formula is C23H23ClFN5O3. The zero-order valence-corrected chi connectivity index (χ0v) is 18.9. The second-order valence-electron chi connectivity index (χ2n) is 8.01. The molecule has 2 amide bonds. The number of hydrogen-bond donors (Lipinski definition) is 3. The number of aliphatic hydroxyl groups excluding tert-OH is 1. The Kier molecular flexibility index (Phi) is 6.44. The first kappa shape index (κ1) is 22.9. The molecule has 2 unspecified atom stereocenters. The Morgan fingerprint density at radius 3 is 2.85 bits per heavy atom. The number of nitrogens with one attached hydrogen (secondary N) is 2. The van der Waals surface area contributed by atoms with Crippen molar-refractivity contribution >= 4 is 23.3 Å². The number of pyridine rings is 1. The molecule has 4 rings (SSSR count). The van der Waals surface area contributed by atoms with Gasteiger partial charge in [0.15, 0.2) is 0 Å². The van der Waals surface area contributed by atoms with Crippen LogP contribution in [0.5, 0.6) is 0 Å². The highest BCUT2D eigenvalue weighted by molar-refractivity contribution is 6.33. The van der Waals surface area contributed by atoms with Crippen LogP contribution in [-0.2, 0) is 13.0 Å². The Balaban J connectivity index is 1.62. The summed E-state index contributed by atoms with van der Waals surface area (Å²) in [6, 6.07) is 4.68. The van der Waals surface area contributed by atoms with Crippen molar-refractivity contribution in [2.75, 3.05) is 5.32 Å². The fourth-order valence-electron chi connectivity index (χ4n) is 4.26. The zero-order chi connectivity index (χ0) is 23.7. The van der Waals surface area contributed by atoms with E-state index < -0.39 is 11.8 Å². The lowest BCUT2D eigenvalue weighted by molar-refractivity contribution is 0.145. The van der Waals surface area contributed by atoms with E-state index in [-0.39, 0.29) is 35.0 Å². The van der Waals surface area contributed by atoms with Crippen LogP contribution in [0.25, 0.3) is 11.1 Å². The minimum Gasteiger partial charge on any atom is -0.392 e. The lowest BCUT2D eigenvalue weighted by Crippen LogP contribution is -2.48. The number of amides is 2. The van der Waals surface area contributed by atoms with Gasteiger partial charge in [0.1, 0.15) is 5.82 Å². The van der Waals surface area contributed by atoms with Crippen molar-refractivity contribution in [1.29, 1.82) is 0 Å². The third kappa shape index (κ3) is 4.46. The first-order valence-corrected chi connectivity index (χ1v) is 10.9. The number of carbonyl (C=O) groups excluding carboxylic acids is 1. The van der Waals surface area contributed by atoms with Gasteiger partial charge < -0.3 is 15.3 Å². The molecule has 0 saturated carbocycles. The number of fused-ring (bicyclic) bond motifs is 1. The van der Waals surface area contributed by atoms with Crippen LogP contribution in [0.15, 0.2) is 41.5 Å². The van der Waals surface area contributed by atoms with E-state index in [1.165, 1.54) is 30.6 Å². The van der Waals surface area contributed by atoms with Crippen molar-refractivity contribution in [3.05, 3.63) is 74.7 Å². The fraction of sp³-hybridized carbons (Fsp3) is 0.304. The summed E-state index contributed by atoms with van der Waals surface area (Å²) in [7, 11) is 0. The fourth-order valence-corrected chi connectivity index (χ4v) is 4.53. The molecular weight excluding hydrogens is 449 g/mol. The maximum absolute atomic E-state index is 15.0. The van der Waals surface area contributed by atoms with Crippen LogP contribution < -0.4 is 10.9 Å². The van der Waals surface area contributed by atoms with E-state index in [1.807, 2.05) is 13.8 Å². The Morgan fingerprint density at radius 1 is 1.33 bits per heavy atom. The molecule has 1 aliphatic heterocycles. The maximum atomic E-state index is 15.0. The van der Waals surface area contributed by atoms with Gasteiger partial charge >= 0.3 is 6.03 Å². The van der Waals surface area contributed by atoms with Crippen LogP contribution >= 0.6 is 11.6 Å². The third-order valence-corrected chi connectivity index (χ3v) is 6.08. The van der Waals surface area contributed by atoms with Crippen LogP contribution in [0.2, 0.25) is 5.02 Å². The number of hydrogen-bond acceptors (Lipinski definition) is 5. The third-order valence-electron chi connectivity index (χ3n) is 5.77. The molecule has 2 atom stereocenters. The van der Waals surface area contributed by atoms with Gasteiger partial charge in [-0.1, -0.05) is 18.5 Å². The molecule has 33 heavy (non-hydrogen) atoms. The molecule has 10 heteroatoms. The average Bonchev–Trinajstić information content (AvgIpc) is 2.79. The van der Waals surface area contributed by atoms with E-state index in [4.69, 9.17) is 11.6 Å². The predicted octanol–water partition coefficient (Wildman–Crippen LogP) is 4.05. The molecule has 0 fully saturated rings. The zero-order valence-electron chi connectivity index (χ0n) is 18.1. The number of benzene rings is 1. The Hall–Kier alpha value is -3.30. The summed E-state index contributed by atoms with van der Waals surface area (Å²) in [6.07, 6.45) is 4.07. The minimum atomic E-state index is -0.655. The molecule has 0 bridgehead atoms. The Labute approximate surface area is 194 Å². The van der Waals surface area contributed by atoms with Crippen LogP contribution in [0.1, 0.15) is 43.1 Å². The molecule has 0 aliphatic carbocycles. The predicted molar refractivity (Wildman–Crippen MR) is 122 cm³/mol. The van der Waals surface area contributed by atoms with E-state index in [0.717, 1.165) is 5.56 Å². The molecule has 3 heterocycles. The SMILES string of the molecule is CCC1c2n[nH]c(=O)cc2CC(C)N1C(=O)Nc1cc(Cl)c(-c2cncc(CO)c2)cc1F. The van der Waals surface area contributed by atoms with E-state index in [9.17, 15) is 19.1 Å². The Bertz CT molecular complexity index is 1270. The summed E-state index contributed by atoms with van der Waals surface area (Å²) >= 11 is 6.40. The molecule has 8 nitrogen and oxygen atoms in total. The topological polar surface area (TPSA) is 111 Å². The van der Waals surface area contributed by atoms with Crippen molar-refractivity contribution < 1.29 is 14.3 Å². The monoisotopic (exact) mass is 471 g/mol. The molecule has 3 aromatic rings. The van der Waals surface area contributed by atoms with E-state index >= 15 is 0 Å². The quantitative estimate of drug-likeness (QED) is 0.531. The number of anilines is 1. The molecule has 3 N–H and O–H groups in total. The van der Waals surface area contributed by atoms with Gasteiger partial charge in [-0.25, -0.2) is 14.3 Å². The first-order valence-electron chi connectivity index (χ1n) is 10.5. The maximum Gasteiger partial charge on any atom is 0.322 e. The van der Waals surface area contributed by atoms with Gasteiger partial charge in [-0.05, 0) is 49.1 Å². The highest BCUT2D eigenvalue weighted by atomic mass is 35.5. The largest absolute Gasteiger partial charge is 0.392 e. The summed E-state index contributed by atoms with van der Waals surface area (Å²) < 4.78 is 15.0. The summed E-state index contributed by atoms with van der Waals surface area (Å²) in [5, 5.41) is 18.8. The normalized spacial score (nSPS) is 17.5. The number of aromatic amines is 1. The number of nitrogens with zero attached hydrogens (tertiary/aromatic N) is 3. The first-order chi connectivity index (χ1) is 15.8. The van der Waals surface area contributed by atoms with Crippen molar-refractivity contribution in [3.8, 4) is 11.1 Å². The van der Waals surface area contributed by atoms with Crippen molar-refractivity contribution in [1.82, 2.24) is 20.1 Å². The smallest absolute Gasteiger partial charge is 0.322 e. The number of urea groups is 1. The minimum absolute atomic E-state index is 0.0534. The Morgan fingerprint density at radius 2 is 2.12 bits per heavy atom. The van der Waals surface area contributed by atoms with Gasteiger partial charge in [0.2, 0.25) is 0 Å². The second kappa shape index (κ2) is 9.29. The van der Waals surface area contributed by atoms with Crippen molar-refractivity contribution in [2.24, 2.45) is 0 Å². The van der Waals surface area contributed by atoms with E-state index in [0.29, 0.717) is 35.2 Å². The molecule has 0 saturated heterocycles.